The standard InChI is InChI=1S/C25H28N2O5/c1-16(22(28)29)27-23(30)25(12-6-7-13-25)15-26-24(31)32-14-21-19-10-4-2-8-17(19)18-9-3-5-11-20(18)21/h2-5,8-11,16,21H,6-7,12-15H2,1H3,(H,26,31)(H,27,30)(H,28,29)/t16-/m1/s1. The number of benzene rings is 2. The monoisotopic (exact) mass is 436 g/mol. The molecule has 7 heteroatoms. The number of amides is 2. The molecule has 2 aromatic carbocycles. The first-order valence-corrected chi connectivity index (χ1v) is 11.0. The number of hydrogen-bond acceptors (Lipinski definition) is 4. The number of carboxylic acid groups (broad SMARTS) is 1. The maximum atomic E-state index is 12.8. The fourth-order valence-corrected chi connectivity index (χ4v) is 4.84. The summed E-state index contributed by atoms with van der Waals surface area (Å²) in [7, 11) is 0. The summed E-state index contributed by atoms with van der Waals surface area (Å²) in [5.74, 6) is -1.45. The molecule has 7 nitrogen and oxygen atoms in total. The molecule has 0 unspecified atom stereocenters. The number of alkyl carbamates (subject to hydrolysis) is 1. The Bertz CT molecular complexity index is 983. The smallest absolute Gasteiger partial charge is 0.407 e. The predicted molar refractivity (Wildman–Crippen MR) is 119 cm³/mol. The number of carbonyl (C=O) groups excluding carboxylic acids is 2. The summed E-state index contributed by atoms with van der Waals surface area (Å²) in [5.41, 5.74) is 3.79. The van der Waals surface area contributed by atoms with E-state index in [4.69, 9.17) is 9.84 Å². The van der Waals surface area contributed by atoms with E-state index in [9.17, 15) is 14.4 Å². The third-order valence-electron chi connectivity index (χ3n) is 6.68. The van der Waals surface area contributed by atoms with Gasteiger partial charge in [0.25, 0.3) is 0 Å². The summed E-state index contributed by atoms with van der Waals surface area (Å²) in [6.45, 7) is 1.76. The van der Waals surface area contributed by atoms with Crippen molar-refractivity contribution in [2.24, 2.45) is 5.41 Å². The van der Waals surface area contributed by atoms with Gasteiger partial charge in [-0.15, -0.1) is 0 Å². The molecule has 0 aliphatic heterocycles. The zero-order chi connectivity index (χ0) is 22.7. The highest BCUT2D eigenvalue weighted by atomic mass is 16.5. The number of carbonyl (C=O) groups is 3. The normalized spacial score (nSPS) is 17.2. The molecule has 0 heterocycles. The van der Waals surface area contributed by atoms with Crippen LogP contribution in [0.25, 0.3) is 11.1 Å². The van der Waals surface area contributed by atoms with Crippen LogP contribution >= 0.6 is 0 Å². The Morgan fingerprint density at radius 3 is 2.16 bits per heavy atom. The summed E-state index contributed by atoms with van der Waals surface area (Å²) in [5, 5.41) is 14.4. The predicted octanol–water partition coefficient (Wildman–Crippen LogP) is 3.67. The molecule has 0 spiro atoms. The molecule has 1 atom stereocenters. The maximum Gasteiger partial charge on any atom is 0.407 e. The Balaban J connectivity index is 1.38. The minimum absolute atomic E-state index is 0.0340. The highest BCUT2D eigenvalue weighted by Crippen LogP contribution is 2.44. The lowest BCUT2D eigenvalue weighted by molar-refractivity contribution is -0.143. The SMILES string of the molecule is C[C@@H](NC(=O)C1(CNC(=O)OCC2c3ccccc3-c3ccccc32)CCCC1)C(=O)O. The third kappa shape index (κ3) is 4.20. The number of fused-ring (bicyclic) bond motifs is 3. The summed E-state index contributed by atoms with van der Waals surface area (Å²) >= 11 is 0. The van der Waals surface area contributed by atoms with E-state index in [0.29, 0.717) is 12.8 Å². The van der Waals surface area contributed by atoms with Crippen LogP contribution in [0.2, 0.25) is 0 Å². The first kappa shape index (κ1) is 21.9. The molecule has 0 saturated heterocycles. The molecule has 32 heavy (non-hydrogen) atoms. The van der Waals surface area contributed by atoms with Crippen molar-refractivity contribution in [2.75, 3.05) is 13.2 Å². The number of carboxylic acids is 1. The van der Waals surface area contributed by atoms with Crippen LogP contribution in [0, 0.1) is 5.41 Å². The van der Waals surface area contributed by atoms with Crippen LogP contribution in [-0.2, 0) is 14.3 Å². The zero-order valence-electron chi connectivity index (χ0n) is 18.1. The van der Waals surface area contributed by atoms with Gasteiger partial charge in [-0.25, -0.2) is 4.79 Å². The summed E-state index contributed by atoms with van der Waals surface area (Å²) < 4.78 is 5.57. The Morgan fingerprint density at radius 1 is 1.03 bits per heavy atom. The average molecular weight is 437 g/mol. The van der Waals surface area contributed by atoms with Crippen LogP contribution in [0.3, 0.4) is 0 Å². The highest BCUT2D eigenvalue weighted by Gasteiger charge is 2.42. The van der Waals surface area contributed by atoms with E-state index in [-0.39, 0.29) is 25.0 Å². The van der Waals surface area contributed by atoms with Crippen LogP contribution in [0.5, 0.6) is 0 Å². The van der Waals surface area contributed by atoms with Gasteiger partial charge in [0.05, 0.1) is 5.41 Å². The van der Waals surface area contributed by atoms with Crippen molar-refractivity contribution in [3.05, 3.63) is 59.7 Å². The molecule has 1 fully saturated rings. The number of ether oxygens (including phenoxy) is 1. The Labute approximate surface area is 187 Å². The number of aliphatic carboxylic acids is 1. The largest absolute Gasteiger partial charge is 0.480 e. The van der Waals surface area contributed by atoms with Crippen molar-refractivity contribution in [3.63, 3.8) is 0 Å². The first-order chi connectivity index (χ1) is 15.4. The lowest BCUT2D eigenvalue weighted by Crippen LogP contribution is -2.51. The van der Waals surface area contributed by atoms with Crippen LogP contribution in [0.4, 0.5) is 4.79 Å². The van der Waals surface area contributed by atoms with E-state index in [0.717, 1.165) is 35.1 Å². The van der Waals surface area contributed by atoms with E-state index in [1.54, 1.807) is 0 Å². The van der Waals surface area contributed by atoms with E-state index < -0.39 is 23.5 Å². The fraction of sp³-hybridized carbons (Fsp3) is 0.400. The quantitative estimate of drug-likeness (QED) is 0.614. The van der Waals surface area contributed by atoms with Gasteiger partial charge in [0.15, 0.2) is 0 Å². The van der Waals surface area contributed by atoms with Crippen molar-refractivity contribution >= 4 is 18.0 Å². The summed E-state index contributed by atoms with van der Waals surface area (Å²) in [6, 6.07) is 15.3. The zero-order valence-corrected chi connectivity index (χ0v) is 18.1. The second-order valence-corrected chi connectivity index (χ2v) is 8.70. The molecule has 4 rings (SSSR count). The van der Waals surface area contributed by atoms with Crippen LogP contribution in [0.15, 0.2) is 48.5 Å². The molecule has 2 aliphatic carbocycles. The molecule has 0 radical (unpaired) electrons. The molecular weight excluding hydrogens is 408 g/mol. The van der Waals surface area contributed by atoms with Gasteiger partial charge in [-0.05, 0) is 42.0 Å². The van der Waals surface area contributed by atoms with E-state index in [1.165, 1.54) is 6.92 Å². The molecule has 0 aromatic heterocycles. The van der Waals surface area contributed by atoms with Crippen molar-refractivity contribution in [3.8, 4) is 11.1 Å². The Kier molecular flexibility index (Phi) is 6.17. The molecule has 2 aromatic rings. The molecule has 168 valence electrons. The molecule has 0 bridgehead atoms. The van der Waals surface area contributed by atoms with Gasteiger partial charge < -0.3 is 20.5 Å². The molecule has 3 N–H and O–H groups in total. The molecular formula is C25H28N2O5. The topological polar surface area (TPSA) is 105 Å². The second-order valence-electron chi connectivity index (χ2n) is 8.70. The summed E-state index contributed by atoms with van der Waals surface area (Å²) in [4.78, 5) is 36.4. The number of hydrogen-bond donors (Lipinski definition) is 3. The average Bonchev–Trinajstić information content (AvgIpc) is 3.40. The molecule has 2 amide bonds. The minimum Gasteiger partial charge on any atom is -0.480 e. The minimum atomic E-state index is -1.09. The van der Waals surface area contributed by atoms with Gasteiger partial charge in [-0.2, -0.15) is 0 Å². The fourth-order valence-electron chi connectivity index (χ4n) is 4.84. The number of rotatable bonds is 7. The lowest BCUT2D eigenvalue weighted by atomic mass is 9.84. The number of nitrogens with one attached hydrogen (secondary N) is 2. The van der Waals surface area contributed by atoms with Gasteiger partial charge in [-0.1, -0.05) is 61.4 Å². The second kappa shape index (κ2) is 9.02. The molecule has 2 aliphatic rings. The van der Waals surface area contributed by atoms with Crippen LogP contribution in [0.1, 0.15) is 49.7 Å². The van der Waals surface area contributed by atoms with Crippen molar-refractivity contribution in [2.45, 2.75) is 44.6 Å². The van der Waals surface area contributed by atoms with Gasteiger partial charge in [0, 0.05) is 12.5 Å². The Morgan fingerprint density at radius 2 is 1.59 bits per heavy atom. The Hall–Kier alpha value is -3.35. The van der Waals surface area contributed by atoms with Gasteiger partial charge >= 0.3 is 12.1 Å². The summed E-state index contributed by atoms with van der Waals surface area (Å²) in [6.07, 6.45) is 2.36. The van der Waals surface area contributed by atoms with Crippen LogP contribution in [-0.4, -0.2) is 42.3 Å². The van der Waals surface area contributed by atoms with Gasteiger partial charge in [0.2, 0.25) is 5.91 Å². The van der Waals surface area contributed by atoms with Crippen molar-refractivity contribution in [1.29, 1.82) is 0 Å². The van der Waals surface area contributed by atoms with E-state index in [2.05, 4.69) is 34.9 Å². The first-order valence-electron chi connectivity index (χ1n) is 11.0. The van der Waals surface area contributed by atoms with Gasteiger partial charge in [-0.3, -0.25) is 9.59 Å². The van der Waals surface area contributed by atoms with E-state index >= 15 is 0 Å². The van der Waals surface area contributed by atoms with Crippen molar-refractivity contribution in [1.82, 2.24) is 10.6 Å². The van der Waals surface area contributed by atoms with Crippen molar-refractivity contribution < 1.29 is 24.2 Å². The highest BCUT2D eigenvalue weighted by molar-refractivity contribution is 5.88. The lowest BCUT2D eigenvalue weighted by Gasteiger charge is -2.28. The maximum absolute atomic E-state index is 12.8. The van der Waals surface area contributed by atoms with Crippen LogP contribution < -0.4 is 10.6 Å². The van der Waals surface area contributed by atoms with Gasteiger partial charge in [0.1, 0.15) is 12.6 Å². The molecule has 1 saturated carbocycles. The third-order valence-corrected chi connectivity index (χ3v) is 6.68. The van der Waals surface area contributed by atoms with E-state index in [1.807, 2.05) is 24.3 Å².